The highest BCUT2D eigenvalue weighted by atomic mass is 35.5. The number of nitro groups is 1. The summed E-state index contributed by atoms with van der Waals surface area (Å²) in [4.78, 5) is 9.86. The van der Waals surface area contributed by atoms with E-state index in [-0.39, 0.29) is 22.8 Å². The lowest BCUT2D eigenvalue weighted by Crippen LogP contribution is -2.13. The summed E-state index contributed by atoms with van der Waals surface area (Å²) in [5.41, 5.74) is 0.558. The van der Waals surface area contributed by atoms with Gasteiger partial charge in [-0.05, 0) is 12.1 Å². The molecule has 2 aromatic rings. The number of nitro benzene ring substituents is 1. The van der Waals surface area contributed by atoms with Gasteiger partial charge in [-0.2, -0.15) is 0 Å². The molecule has 0 saturated heterocycles. The van der Waals surface area contributed by atoms with Gasteiger partial charge in [-0.3, -0.25) is 10.1 Å². The van der Waals surface area contributed by atoms with Gasteiger partial charge in [-0.15, -0.1) is 0 Å². The van der Waals surface area contributed by atoms with Crippen molar-refractivity contribution in [3.05, 3.63) is 50.2 Å². The Morgan fingerprint density at radius 1 is 1.30 bits per heavy atom. The molecule has 2 rings (SSSR count). The van der Waals surface area contributed by atoms with Crippen LogP contribution in [0.5, 0.6) is 0 Å². The third-order valence-corrected chi connectivity index (χ3v) is 4.85. The average molecular weight is 379 g/mol. The van der Waals surface area contributed by atoms with Crippen molar-refractivity contribution >= 4 is 44.6 Å². The molecule has 11 heteroatoms. The van der Waals surface area contributed by atoms with Gasteiger partial charge in [-0.1, -0.05) is 23.2 Å². The van der Waals surface area contributed by atoms with Crippen LogP contribution in [0.25, 0.3) is 0 Å². The van der Waals surface area contributed by atoms with E-state index in [1.165, 1.54) is 12.1 Å². The van der Waals surface area contributed by atoms with Gasteiger partial charge in [0.1, 0.15) is 5.15 Å². The largest absolute Gasteiger partial charge is 0.379 e. The third-order valence-electron chi connectivity index (χ3n) is 3.12. The molecular formula is C12H12Cl2N4O4S. The lowest BCUT2D eigenvalue weighted by Gasteiger charge is -2.09. The molecule has 0 spiro atoms. The maximum Gasteiger partial charge on any atom is 0.272 e. The summed E-state index contributed by atoms with van der Waals surface area (Å²) in [5, 5.41) is 19.6. The summed E-state index contributed by atoms with van der Waals surface area (Å²) >= 11 is 11.9. The Hall–Kier alpha value is -1.81. The minimum Gasteiger partial charge on any atom is -0.379 e. The molecule has 0 fully saturated rings. The van der Waals surface area contributed by atoms with E-state index in [2.05, 4.69) is 5.32 Å². The first-order chi connectivity index (χ1) is 10.6. The maximum atomic E-state index is 11.4. The van der Waals surface area contributed by atoms with Crippen molar-refractivity contribution in [2.45, 2.75) is 11.4 Å². The fourth-order valence-electron chi connectivity index (χ4n) is 1.91. The van der Waals surface area contributed by atoms with E-state index in [0.717, 1.165) is 6.07 Å². The molecule has 0 aliphatic carbocycles. The van der Waals surface area contributed by atoms with Gasteiger partial charge in [0, 0.05) is 30.6 Å². The van der Waals surface area contributed by atoms with Gasteiger partial charge in [0.15, 0.2) is 0 Å². The van der Waals surface area contributed by atoms with Gasteiger partial charge in [-0.25, -0.2) is 13.6 Å². The molecule has 23 heavy (non-hydrogen) atoms. The number of nitrogens with zero attached hydrogens (tertiary/aromatic N) is 2. The zero-order valence-electron chi connectivity index (χ0n) is 11.8. The van der Waals surface area contributed by atoms with Crippen LogP contribution in [0.1, 0.15) is 5.69 Å². The Bertz CT molecular complexity index is 879. The average Bonchev–Trinajstić information content (AvgIpc) is 2.71. The van der Waals surface area contributed by atoms with E-state index < -0.39 is 14.9 Å². The van der Waals surface area contributed by atoms with Crippen molar-refractivity contribution in [2.24, 2.45) is 12.2 Å². The second-order valence-electron chi connectivity index (χ2n) is 4.70. The molecule has 0 amide bonds. The minimum absolute atomic E-state index is 0.230. The lowest BCUT2D eigenvalue weighted by atomic mass is 10.2. The van der Waals surface area contributed by atoms with Crippen molar-refractivity contribution in [1.82, 2.24) is 4.57 Å². The van der Waals surface area contributed by atoms with Crippen LogP contribution in [-0.2, 0) is 23.6 Å². The van der Waals surface area contributed by atoms with Crippen LogP contribution in [0.2, 0.25) is 10.2 Å². The van der Waals surface area contributed by atoms with E-state index >= 15 is 0 Å². The predicted molar refractivity (Wildman–Crippen MR) is 87.2 cm³/mol. The fourth-order valence-corrected chi connectivity index (χ4v) is 2.90. The van der Waals surface area contributed by atoms with Gasteiger partial charge in [0.2, 0.25) is 10.0 Å². The summed E-state index contributed by atoms with van der Waals surface area (Å²) in [7, 11) is -2.36. The van der Waals surface area contributed by atoms with Crippen molar-refractivity contribution in [1.29, 1.82) is 0 Å². The van der Waals surface area contributed by atoms with Gasteiger partial charge < -0.3 is 9.88 Å². The highest BCUT2D eigenvalue weighted by Gasteiger charge is 2.17. The van der Waals surface area contributed by atoms with Crippen LogP contribution in [-0.4, -0.2) is 17.9 Å². The van der Waals surface area contributed by atoms with Crippen LogP contribution >= 0.6 is 23.2 Å². The molecule has 1 aromatic heterocycles. The van der Waals surface area contributed by atoms with Gasteiger partial charge in [0.25, 0.3) is 5.69 Å². The molecule has 3 N–H and O–H groups in total. The van der Waals surface area contributed by atoms with E-state index in [1.807, 2.05) is 0 Å². The molecule has 0 saturated carbocycles. The van der Waals surface area contributed by atoms with Crippen LogP contribution in [0.15, 0.2) is 29.2 Å². The number of non-ortho nitro benzene ring substituents is 1. The van der Waals surface area contributed by atoms with Gasteiger partial charge in [0.05, 0.1) is 21.4 Å². The normalized spacial score (nSPS) is 11.5. The number of anilines is 1. The molecule has 8 nitrogen and oxygen atoms in total. The van der Waals surface area contributed by atoms with Crippen LogP contribution in [0.3, 0.4) is 0 Å². The third kappa shape index (κ3) is 3.94. The Kier molecular flexibility index (Phi) is 4.85. The first kappa shape index (κ1) is 17.5. The minimum atomic E-state index is -4.07. The van der Waals surface area contributed by atoms with Crippen molar-refractivity contribution in [3.8, 4) is 0 Å². The van der Waals surface area contributed by atoms with Crippen molar-refractivity contribution < 1.29 is 13.3 Å². The number of sulfonamides is 1. The van der Waals surface area contributed by atoms with Gasteiger partial charge >= 0.3 is 0 Å². The highest BCUT2D eigenvalue weighted by molar-refractivity contribution is 7.89. The molecule has 0 atom stereocenters. The van der Waals surface area contributed by atoms with Crippen LogP contribution in [0.4, 0.5) is 11.4 Å². The van der Waals surface area contributed by atoms with E-state index in [1.54, 1.807) is 17.7 Å². The predicted octanol–water partition coefficient (Wildman–Crippen LogP) is 2.50. The molecule has 0 radical (unpaired) electrons. The number of nitrogens with one attached hydrogen (secondary N) is 1. The Labute approximate surface area is 142 Å². The van der Waals surface area contributed by atoms with E-state index in [4.69, 9.17) is 28.3 Å². The van der Waals surface area contributed by atoms with Crippen molar-refractivity contribution in [3.63, 3.8) is 0 Å². The number of primary sulfonamides is 1. The number of hydrogen-bond donors (Lipinski definition) is 2. The highest BCUT2D eigenvalue weighted by Crippen LogP contribution is 2.27. The fraction of sp³-hybridized carbons (Fsp3) is 0.167. The number of nitrogens with two attached hydrogens (primary N) is 1. The van der Waals surface area contributed by atoms with E-state index in [0.29, 0.717) is 15.9 Å². The molecular weight excluding hydrogens is 367 g/mol. The van der Waals surface area contributed by atoms with Crippen LogP contribution in [0, 0.1) is 10.1 Å². The summed E-state index contributed by atoms with van der Waals surface area (Å²) in [6.07, 6.45) is 0. The second kappa shape index (κ2) is 6.36. The quantitative estimate of drug-likeness (QED) is 0.611. The van der Waals surface area contributed by atoms with Crippen molar-refractivity contribution in [2.75, 3.05) is 5.32 Å². The number of aromatic nitrogens is 1. The first-order valence-electron chi connectivity index (χ1n) is 6.15. The molecule has 124 valence electrons. The Morgan fingerprint density at radius 2 is 1.96 bits per heavy atom. The molecule has 0 unspecified atom stereocenters. The smallest absolute Gasteiger partial charge is 0.272 e. The Balaban J connectivity index is 2.34. The number of hydrogen-bond acceptors (Lipinski definition) is 5. The summed E-state index contributed by atoms with van der Waals surface area (Å²) in [5.74, 6) is 0. The molecule has 1 aromatic carbocycles. The Morgan fingerprint density at radius 3 is 2.43 bits per heavy atom. The monoisotopic (exact) mass is 378 g/mol. The molecule has 1 heterocycles. The SMILES string of the molecule is Cn1c(CNc2cc([N+](=O)[O-])cc(S(N)(=O)=O)c2)cc(Cl)c1Cl. The molecule has 0 aliphatic heterocycles. The standard InChI is InChI=1S/C12H12Cl2N4O4S/c1-17-9(5-11(13)12(17)14)6-16-7-2-8(18(19)20)4-10(3-7)23(15,21)22/h2-5,16H,6H2,1H3,(H2,15,21,22). The first-order valence-corrected chi connectivity index (χ1v) is 8.45. The summed E-state index contributed by atoms with van der Waals surface area (Å²) < 4.78 is 24.5. The van der Waals surface area contributed by atoms with Crippen LogP contribution < -0.4 is 10.5 Å². The zero-order valence-corrected chi connectivity index (χ0v) is 14.1. The molecule has 0 bridgehead atoms. The number of halogens is 2. The number of rotatable bonds is 5. The lowest BCUT2D eigenvalue weighted by molar-refractivity contribution is -0.385. The van der Waals surface area contributed by atoms with E-state index in [9.17, 15) is 18.5 Å². The zero-order chi connectivity index (χ0) is 17.4. The maximum absolute atomic E-state index is 11.4. The summed E-state index contributed by atoms with van der Waals surface area (Å²) in [6, 6.07) is 4.96. The topological polar surface area (TPSA) is 120 Å². The summed E-state index contributed by atoms with van der Waals surface area (Å²) in [6.45, 7) is 0.230. The molecule has 0 aliphatic rings. The second-order valence-corrected chi connectivity index (χ2v) is 7.03. The number of benzene rings is 1.